The molecule has 8 bridgehead atoms. The number of fused-ring (bicyclic) bond motifs is 8. The second kappa shape index (κ2) is 13.9. The highest BCUT2D eigenvalue weighted by molar-refractivity contribution is 6.05. The van der Waals surface area contributed by atoms with Gasteiger partial charge in [-0.05, 0) is 70.3 Å². The Labute approximate surface area is 320 Å². The molecule has 4 nitrogen and oxygen atoms in total. The summed E-state index contributed by atoms with van der Waals surface area (Å²) in [4.78, 5) is 14.5. The van der Waals surface area contributed by atoms with Gasteiger partial charge in [0.25, 0.3) is 0 Å². The van der Waals surface area contributed by atoms with Crippen molar-refractivity contribution in [1.29, 1.82) is 0 Å². The highest BCUT2D eigenvalue weighted by Gasteiger charge is 2.20. The van der Waals surface area contributed by atoms with Crippen LogP contribution in [0.5, 0.6) is 0 Å². The van der Waals surface area contributed by atoms with E-state index in [1.54, 1.807) is 0 Å². The second-order valence-corrected chi connectivity index (χ2v) is 13.9. The first-order chi connectivity index (χ1) is 27.3. The van der Waals surface area contributed by atoms with Crippen molar-refractivity contribution >= 4 is 46.1 Å². The van der Waals surface area contributed by atoms with Crippen LogP contribution in [0.2, 0.25) is 0 Å². The third-order valence-electron chi connectivity index (χ3n) is 10.5. The Morgan fingerprint density at radius 1 is 0.436 bits per heavy atom. The number of aliphatic imine (C=N–C) groups is 1. The van der Waals surface area contributed by atoms with E-state index < -0.39 is 0 Å². The average molecular weight is 705 g/mol. The number of aromatic amines is 1. The molecule has 8 aromatic rings. The molecule has 0 spiro atoms. The minimum Gasteiger partial charge on any atom is -0.354 e. The Morgan fingerprint density at radius 2 is 0.891 bits per heavy atom. The predicted molar refractivity (Wildman–Crippen MR) is 230 cm³/mol. The first-order valence-corrected chi connectivity index (χ1v) is 18.7. The molecule has 2 aliphatic heterocycles. The van der Waals surface area contributed by atoms with Crippen molar-refractivity contribution in [2.75, 3.05) is 0 Å². The van der Waals surface area contributed by atoms with Crippen molar-refractivity contribution in [1.82, 2.24) is 14.5 Å². The Kier molecular flexibility index (Phi) is 8.19. The summed E-state index contributed by atoms with van der Waals surface area (Å²) in [6.07, 6.45) is 6.38. The number of H-pyrrole nitrogens is 1. The normalized spacial score (nSPS) is 11.9. The first kappa shape index (κ1) is 32.4. The van der Waals surface area contributed by atoms with Gasteiger partial charge >= 0.3 is 0 Å². The number of nitrogens with one attached hydrogen (secondary N) is 1. The molecule has 0 amide bonds. The van der Waals surface area contributed by atoms with Crippen LogP contribution >= 0.6 is 0 Å². The molecule has 0 aliphatic carbocycles. The van der Waals surface area contributed by atoms with Gasteiger partial charge < -0.3 is 9.55 Å². The number of rotatable bonds is 6. The molecule has 0 radical (unpaired) electrons. The SMILES string of the molecule is C1=Cc2nc1c(-c1ccccc1)c1ccc([nH]1)c(-c1ccccc1)c1cc(c(-c3ccccc3)c3ccc(c2-c2ccccc2)n3Cc2ccccc2)C=N1. The van der Waals surface area contributed by atoms with Crippen LogP contribution in [-0.2, 0) is 6.54 Å². The van der Waals surface area contributed by atoms with Crippen molar-refractivity contribution in [2.24, 2.45) is 4.99 Å². The fourth-order valence-electron chi connectivity index (χ4n) is 7.99. The molecule has 0 atom stereocenters. The topological polar surface area (TPSA) is 46.0 Å². The predicted octanol–water partition coefficient (Wildman–Crippen LogP) is 13.0. The van der Waals surface area contributed by atoms with Crippen LogP contribution in [0.4, 0.5) is 5.69 Å². The third kappa shape index (κ3) is 6.00. The van der Waals surface area contributed by atoms with Crippen molar-refractivity contribution in [3.8, 4) is 44.5 Å². The van der Waals surface area contributed by atoms with Gasteiger partial charge in [0.15, 0.2) is 0 Å². The van der Waals surface area contributed by atoms with Gasteiger partial charge in [-0.25, -0.2) is 4.98 Å². The average Bonchev–Trinajstić information content (AvgIpc) is 4.08. The van der Waals surface area contributed by atoms with Crippen LogP contribution in [0, 0.1) is 0 Å². The third-order valence-corrected chi connectivity index (χ3v) is 10.5. The molecular formula is C51H36N4. The molecule has 1 N–H and O–H groups in total. The van der Waals surface area contributed by atoms with E-state index in [0.29, 0.717) is 6.54 Å². The molecule has 4 heteroatoms. The zero-order chi connectivity index (χ0) is 36.6. The lowest BCUT2D eigenvalue weighted by atomic mass is 10.00. The minimum absolute atomic E-state index is 0.673. The fourth-order valence-corrected chi connectivity index (χ4v) is 7.99. The number of hydrogen-bond acceptors (Lipinski definition) is 2. The number of hydrogen-bond donors (Lipinski definition) is 1. The number of nitrogens with zero attached hydrogens (tertiary/aromatic N) is 3. The van der Waals surface area contributed by atoms with Gasteiger partial charge in [0.05, 0.1) is 28.1 Å². The molecule has 260 valence electrons. The summed E-state index contributed by atoms with van der Waals surface area (Å²) >= 11 is 0. The van der Waals surface area contributed by atoms with Crippen molar-refractivity contribution in [2.45, 2.75) is 6.54 Å². The van der Waals surface area contributed by atoms with E-state index in [1.165, 1.54) is 5.56 Å². The summed E-state index contributed by atoms with van der Waals surface area (Å²) in [5.41, 5.74) is 17.9. The van der Waals surface area contributed by atoms with E-state index in [-0.39, 0.29) is 0 Å². The van der Waals surface area contributed by atoms with Crippen LogP contribution in [-0.4, -0.2) is 20.7 Å². The quantitative estimate of drug-likeness (QED) is 0.184. The number of aromatic nitrogens is 3. The van der Waals surface area contributed by atoms with Gasteiger partial charge in [-0.3, -0.25) is 4.99 Å². The molecule has 5 aromatic carbocycles. The van der Waals surface area contributed by atoms with Gasteiger partial charge in [-0.2, -0.15) is 0 Å². The Morgan fingerprint density at radius 3 is 1.47 bits per heavy atom. The van der Waals surface area contributed by atoms with Gasteiger partial charge in [0.2, 0.25) is 0 Å². The van der Waals surface area contributed by atoms with Crippen LogP contribution in [0.1, 0.15) is 22.5 Å². The van der Waals surface area contributed by atoms with Gasteiger partial charge in [-0.1, -0.05) is 152 Å². The minimum atomic E-state index is 0.673. The zero-order valence-corrected chi connectivity index (χ0v) is 30.1. The monoisotopic (exact) mass is 704 g/mol. The molecule has 0 unspecified atom stereocenters. The first-order valence-electron chi connectivity index (χ1n) is 18.7. The summed E-state index contributed by atoms with van der Waals surface area (Å²) in [5, 5.41) is 0. The highest BCUT2D eigenvalue weighted by Crippen LogP contribution is 2.41. The molecule has 2 aliphatic rings. The Balaban J connectivity index is 1.44. The summed E-state index contributed by atoms with van der Waals surface area (Å²) < 4.78 is 2.47. The Bertz CT molecular complexity index is 2730. The van der Waals surface area contributed by atoms with E-state index in [2.05, 4.69) is 204 Å². The van der Waals surface area contributed by atoms with Gasteiger partial charge in [0, 0.05) is 51.6 Å². The summed E-state index contributed by atoms with van der Waals surface area (Å²) in [5.74, 6) is 0. The molecule has 0 saturated carbocycles. The summed E-state index contributed by atoms with van der Waals surface area (Å²) in [6.45, 7) is 0.673. The van der Waals surface area contributed by atoms with Crippen LogP contribution in [0.25, 0.3) is 78.7 Å². The molecule has 5 heterocycles. The molecule has 55 heavy (non-hydrogen) atoms. The number of benzene rings is 5. The molecule has 3 aromatic heterocycles. The van der Waals surface area contributed by atoms with Crippen LogP contribution < -0.4 is 0 Å². The van der Waals surface area contributed by atoms with Crippen LogP contribution in [0.15, 0.2) is 187 Å². The lowest BCUT2D eigenvalue weighted by molar-refractivity contribution is 0.868. The van der Waals surface area contributed by atoms with E-state index in [4.69, 9.17) is 9.98 Å². The summed E-state index contributed by atoms with van der Waals surface area (Å²) in [6, 6.07) is 64.4. The smallest absolute Gasteiger partial charge is 0.0737 e. The molecular weight excluding hydrogens is 669 g/mol. The zero-order valence-electron chi connectivity index (χ0n) is 30.1. The van der Waals surface area contributed by atoms with Crippen molar-refractivity contribution in [3.63, 3.8) is 0 Å². The lowest BCUT2D eigenvalue weighted by Crippen LogP contribution is -2.02. The standard InChI is InChI=1S/C51H36N4/c1-6-16-35(17-7-1)34-55-46-30-31-47(55)51(39-24-14-5-15-25-39)44-29-28-42(54-44)49(37-20-10-3-11-21-37)41-26-27-43(53-41)50(38-22-12-4-13-23-38)45-32-40(33-52-45)48(46)36-18-8-2-9-19-36/h1-33,53H,34H2. The maximum Gasteiger partial charge on any atom is 0.0737 e. The van der Waals surface area contributed by atoms with E-state index >= 15 is 0 Å². The molecule has 10 rings (SSSR count). The molecule has 0 saturated heterocycles. The summed E-state index contributed by atoms with van der Waals surface area (Å²) in [7, 11) is 0. The van der Waals surface area contributed by atoms with Gasteiger partial charge in [0.1, 0.15) is 0 Å². The maximum atomic E-state index is 5.50. The van der Waals surface area contributed by atoms with E-state index in [1.807, 2.05) is 6.21 Å². The van der Waals surface area contributed by atoms with Gasteiger partial charge in [-0.15, -0.1) is 0 Å². The van der Waals surface area contributed by atoms with Crippen molar-refractivity contribution in [3.05, 3.63) is 205 Å². The Hall–Kier alpha value is -7.30. The van der Waals surface area contributed by atoms with E-state index in [9.17, 15) is 0 Å². The lowest BCUT2D eigenvalue weighted by Gasteiger charge is -2.14. The van der Waals surface area contributed by atoms with E-state index in [0.717, 1.165) is 89.2 Å². The second-order valence-electron chi connectivity index (χ2n) is 13.9. The molecule has 0 fully saturated rings. The van der Waals surface area contributed by atoms with Crippen LogP contribution in [0.3, 0.4) is 0 Å². The largest absolute Gasteiger partial charge is 0.354 e. The highest BCUT2D eigenvalue weighted by atomic mass is 15.0. The maximum absolute atomic E-state index is 5.50. The fraction of sp³-hybridized carbons (Fsp3) is 0.0196. The van der Waals surface area contributed by atoms with Crippen molar-refractivity contribution < 1.29 is 0 Å².